The van der Waals surface area contributed by atoms with Crippen molar-refractivity contribution in [2.75, 3.05) is 38.5 Å². The molecule has 3 fully saturated rings. The zero-order chi connectivity index (χ0) is 14.2. The summed E-state index contributed by atoms with van der Waals surface area (Å²) >= 11 is 0. The number of rotatable bonds is 3. The number of piperidine rings is 1. The molecule has 0 aromatic rings. The SMILES string of the molecule is CCS(=O)(=O)N1CCC2(CC1)C[C@@H](N1CCCC1)CO2. The fourth-order valence-electron chi connectivity index (χ4n) is 3.86. The summed E-state index contributed by atoms with van der Waals surface area (Å²) in [7, 11) is -3.03. The van der Waals surface area contributed by atoms with Crippen molar-refractivity contribution in [1.82, 2.24) is 9.21 Å². The van der Waals surface area contributed by atoms with Gasteiger partial charge in [0.15, 0.2) is 0 Å². The van der Waals surface area contributed by atoms with Gasteiger partial charge in [-0.05, 0) is 52.1 Å². The van der Waals surface area contributed by atoms with Crippen LogP contribution in [-0.2, 0) is 14.8 Å². The highest BCUT2D eigenvalue weighted by molar-refractivity contribution is 7.89. The van der Waals surface area contributed by atoms with Gasteiger partial charge in [0.2, 0.25) is 10.0 Å². The second-order valence-corrected chi connectivity index (χ2v) is 8.65. The van der Waals surface area contributed by atoms with E-state index in [1.807, 2.05) is 0 Å². The largest absolute Gasteiger partial charge is 0.373 e. The predicted octanol–water partition coefficient (Wildman–Crippen LogP) is 1.06. The molecular weight excluding hydrogens is 276 g/mol. The van der Waals surface area contributed by atoms with E-state index >= 15 is 0 Å². The average molecular weight is 302 g/mol. The third-order valence-corrected chi connectivity index (χ3v) is 7.12. The van der Waals surface area contributed by atoms with Crippen molar-refractivity contribution in [1.29, 1.82) is 0 Å². The number of hydrogen-bond donors (Lipinski definition) is 0. The Labute approximate surface area is 122 Å². The second-order valence-electron chi connectivity index (χ2n) is 6.39. The van der Waals surface area contributed by atoms with Crippen molar-refractivity contribution >= 4 is 10.0 Å². The molecule has 3 rings (SSSR count). The number of ether oxygens (including phenoxy) is 1. The fraction of sp³-hybridized carbons (Fsp3) is 1.00. The summed E-state index contributed by atoms with van der Waals surface area (Å²) in [5, 5.41) is 0. The van der Waals surface area contributed by atoms with Gasteiger partial charge in [-0.15, -0.1) is 0 Å². The molecule has 0 bridgehead atoms. The molecule has 3 aliphatic rings. The number of nitrogens with zero attached hydrogens (tertiary/aromatic N) is 2. The van der Waals surface area contributed by atoms with E-state index in [1.165, 1.54) is 25.9 Å². The lowest BCUT2D eigenvalue weighted by molar-refractivity contribution is -0.0316. The van der Waals surface area contributed by atoms with E-state index < -0.39 is 10.0 Å². The molecule has 0 radical (unpaired) electrons. The van der Waals surface area contributed by atoms with Crippen LogP contribution in [0.15, 0.2) is 0 Å². The topological polar surface area (TPSA) is 49.9 Å². The van der Waals surface area contributed by atoms with Gasteiger partial charge in [0.1, 0.15) is 0 Å². The van der Waals surface area contributed by atoms with Gasteiger partial charge in [-0.25, -0.2) is 12.7 Å². The summed E-state index contributed by atoms with van der Waals surface area (Å²) in [5.41, 5.74) is -0.0486. The Bertz CT molecular complexity index is 437. The van der Waals surface area contributed by atoms with E-state index in [9.17, 15) is 8.42 Å². The van der Waals surface area contributed by atoms with Crippen LogP contribution in [0.3, 0.4) is 0 Å². The summed E-state index contributed by atoms with van der Waals surface area (Å²) in [6.45, 7) is 6.22. The average Bonchev–Trinajstić information content (AvgIpc) is 3.09. The van der Waals surface area contributed by atoms with E-state index in [4.69, 9.17) is 4.74 Å². The lowest BCUT2D eigenvalue weighted by Crippen LogP contribution is -2.47. The van der Waals surface area contributed by atoms with Gasteiger partial charge >= 0.3 is 0 Å². The molecule has 0 unspecified atom stereocenters. The molecule has 3 saturated heterocycles. The molecule has 1 spiro atoms. The van der Waals surface area contributed by atoms with Crippen molar-refractivity contribution < 1.29 is 13.2 Å². The summed E-state index contributed by atoms with van der Waals surface area (Å²) in [4.78, 5) is 2.56. The third-order valence-electron chi connectivity index (χ3n) is 5.24. The van der Waals surface area contributed by atoms with Gasteiger partial charge in [0.05, 0.1) is 18.0 Å². The van der Waals surface area contributed by atoms with Gasteiger partial charge in [0, 0.05) is 19.1 Å². The van der Waals surface area contributed by atoms with E-state index in [2.05, 4.69) is 4.90 Å². The van der Waals surface area contributed by atoms with Gasteiger partial charge in [-0.3, -0.25) is 4.90 Å². The standard InChI is InChI=1S/C14H26N2O3S/c1-2-20(17,18)16-9-5-14(6-10-16)11-13(12-19-14)15-7-3-4-8-15/h13H,2-12H2,1H3/t13-/m1/s1. The highest BCUT2D eigenvalue weighted by Gasteiger charge is 2.45. The van der Waals surface area contributed by atoms with Crippen LogP contribution in [0.1, 0.15) is 39.0 Å². The molecule has 116 valence electrons. The van der Waals surface area contributed by atoms with Crippen molar-refractivity contribution in [3.8, 4) is 0 Å². The molecule has 0 aliphatic carbocycles. The van der Waals surface area contributed by atoms with Crippen LogP contribution in [0.2, 0.25) is 0 Å². The Morgan fingerprint density at radius 1 is 1.15 bits per heavy atom. The van der Waals surface area contributed by atoms with Crippen molar-refractivity contribution in [3.05, 3.63) is 0 Å². The first-order chi connectivity index (χ1) is 9.55. The van der Waals surface area contributed by atoms with Gasteiger partial charge in [0.25, 0.3) is 0 Å². The minimum absolute atomic E-state index is 0.0486. The number of hydrogen-bond acceptors (Lipinski definition) is 4. The third kappa shape index (κ3) is 2.75. The number of sulfonamides is 1. The van der Waals surface area contributed by atoms with Crippen molar-refractivity contribution in [3.63, 3.8) is 0 Å². The normalized spacial score (nSPS) is 32.1. The van der Waals surface area contributed by atoms with Crippen LogP contribution < -0.4 is 0 Å². The molecule has 6 heteroatoms. The first kappa shape index (κ1) is 14.8. The smallest absolute Gasteiger partial charge is 0.213 e. The molecule has 3 heterocycles. The monoisotopic (exact) mass is 302 g/mol. The maximum absolute atomic E-state index is 11.9. The molecule has 0 amide bonds. The van der Waals surface area contributed by atoms with Gasteiger partial charge in [-0.1, -0.05) is 0 Å². The van der Waals surface area contributed by atoms with E-state index in [-0.39, 0.29) is 11.4 Å². The van der Waals surface area contributed by atoms with Crippen LogP contribution in [-0.4, -0.2) is 67.8 Å². The summed E-state index contributed by atoms with van der Waals surface area (Å²) in [6.07, 6.45) is 5.43. The second kappa shape index (κ2) is 5.55. The van der Waals surface area contributed by atoms with Crippen LogP contribution in [0.25, 0.3) is 0 Å². The highest BCUT2D eigenvalue weighted by atomic mass is 32.2. The molecule has 0 aromatic heterocycles. The molecule has 20 heavy (non-hydrogen) atoms. The summed E-state index contributed by atoms with van der Waals surface area (Å²) < 4.78 is 31.6. The highest BCUT2D eigenvalue weighted by Crippen LogP contribution is 2.38. The molecular formula is C14H26N2O3S. The Morgan fingerprint density at radius 3 is 2.40 bits per heavy atom. The summed E-state index contributed by atoms with van der Waals surface area (Å²) in [5.74, 6) is 0.206. The van der Waals surface area contributed by atoms with Crippen LogP contribution in [0, 0.1) is 0 Å². The van der Waals surface area contributed by atoms with Crippen LogP contribution in [0.4, 0.5) is 0 Å². The molecule has 5 nitrogen and oxygen atoms in total. The molecule has 0 saturated carbocycles. The minimum Gasteiger partial charge on any atom is -0.373 e. The van der Waals surface area contributed by atoms with Gasteiger partial charge < -0.3 is 4.74 Å². The molecule has 0 N–H and O–H groups in total. The van der Waals surface area contributed by atoms with Crippen molar-refractivity contribution in [2.24, 2.45) is 0 Å². The van der Waals surface area contributed by atoms with E-state index in [0.29, 0.717) is 19.1 Å². The maximum Gasteiger partial charge on any atom is 0.213 e. The van der Waals surface area contributed by atoms with Crippen molar-refractivity contribution in [2.45, 2.75) is 50.7 Å². The zero-order valence-electron chi connectivity index (χ0n) is 12.4. The lowest BCUT2D eigenvalue weighted by Gasteiger charge is -2.38. The van der Waals surface area contributed by atoms with E-state index in [0.717, 1.165) is 25.9 Å². The predicted molar refractivity (Wildman–Crippen MR) is 78.2 cm³/mol. The zero-order valence-corrected chi connectivity index (χ0v) is 13.2. The molecule has 0 aromatic carbocycles. The fourth-order valence-corrected chi connectivity index (χ4v) is 4.97. The Morgan fingerprint density at radius 2 is 1.80 bits per heavy atom. The van der Waals surface area contributed by atoms with E-state index in [1.54, 1.807) is 11.2 Å². The minimum atomic E-state index is -3.03. The maximum atomic E-state index is 11.9. The Kier molecular flexibility index (Phi) is 4.10. The molecule has 3 aliphatic heterocycles. The summed E-state index contributed by atoms with van der Waals surface area (Å²) in [6, 6.07) is 0.562. The first-order valence-corrected chi connectivity index (χ1v) is 9.51. The quantitative estimate of drug-likeness (QED) is 0.782. The Hall–Kier alpha value is -0.170. The van der Waals surface area contributed by atoms with Gasteiger partial charge in [-0.2, -0.15) is 0 Å². The number of likely N-dealkylation sites (tertiary alicyclic amines) is 1. The first-order valence-electron chi connectivity index (χ1n) is 7.90. The van der Waals surface area contributed by atoms with Crippen LogP contribution in [0.5, 0.6) is 0 Å². The lowest BCUT2D eigenvalue weighted by atomic mass is 9.88. The molecule has 1 atom stereocenters. The Balaban J connectivity index is 1.58. The van der Waals surface area contributed by atoms with Crippen LogP contribution >= 0.6 is 0 Å².